The summed E-state index contributed by atoms with van der Waals surface area (Å²) in [7, 11) is 0. The van der Waals surface area contributed by atoms with E-state index in [1.165, 1.54) is 25.1 Å². The van der Waals surface area contributed by atoms with Gasteiger partial charge in [0.05, 0.1) is 0 Å². The third kappa shape index (κ3) is 3.27. The van der Waals surface area contributed by atoms with Gasteiger partial charge in [-0.3, -0.25) is 4.79 Å². The van der Waals surface area contributed by atoms with Crippen molar-refractivity contribution in [3.05, 3.63) is 29.3 Å². The lowest BCUT2D eigenvalue weighted by Crippen LogP contribution is -2.19. The van der Waals surface area contributed by atoms with Crippen LogP contribution in [0.25, 0.3) is 0 Å². The SMILES string of the molecule is Cc1c(C=O)cccc1OCC(F)(F)F. The number of hydrogen-bond donors (Lipinski definition) is 0. The number of ether oxygens (including phenoxy) is 1. The minimum Gasteiger partial charge on any atom is -0.484 e. The molecular weight excluding hydrogens is 209 g/mol. The topological polar surface area (TPSA) is 26.3 Å². The quantitative estimate of drug-likeness (QED) is 0.729. The molecule has 0 amide bonds. The van der Waals surface area contributed by atoms with Crippen LogP contribution in [0.5, 0.6) is 5.75 Å². The second-order valence-corrected chi connectivity index (χ2v) is 2.99. The third-order valence-corrected chi connectivity index (χ3v) is 1.84. The molecule has 0 spiro atoms. The fourth-order valence-corrected chi connectivity index (χ4v) is 1.08. The molecule has 1 rings (SSSR count). The molecule has 0 atom stereocenters. The van der Waals surface area contributed by atoms with Crippen LogP contribution in [0.3, 0.4) is 0 Å². The van der Waals surface area contributed by atoms with Crippen molar-refractivity contribution in [1.82, 2.24) is 0 Å². The van der Waals surface area contributed by atoms with E-state index in [1.807, 2.05) is 0 Å². The Bertz CT molecular complexity index is 358. The molecule has 0 heterocycles. The molecule has 15 heavy (non-hydrogen) atoms. The number of carbonyl (C=O) groups excluding carboxylic acids is 1. The fourth-order valence-electron chi connectivity index (χ4n) is 1.08. The van der Waals surface area contributed by atoms with Gasteiger partial charge in [0.25, 0.3) is 0 Å². The molecule has 1 aromatic carbocycles. The summed E-state index contributed by atoms with van der Waals surface area (Å²) in [6, 6.07) is 4.39. The first-order chi connectivity index (χ1) is 6.94. The van der Waals surface area contributed by atoms with Crippen molar-refractivity contribution in [2.75, 3.05) is 6.61 Å². The predicted molar refractivity (Wildman–Crippen MR) is 48.1 cm³/mol. The number of benzene rings is 1. The van der Waals surface area contributed by atoms with Crippen LogP contribution in [-0.4, -0.2) is 19.1 Å². The lowest BCUT2D eigenvalue weighted by molar-refractivity contribution is -0.153. The molecule has 0 unspecified atom stereocenters. The zero-order valence-corrected chi connectivity index (χ0v) is 7.97. The summed E-state index contributed by atoms with van der Waals surface area (Å²) in [5.74, 6) is 0.0805. The Morgan fingerprint density at radius 2 is 2.07 bits per heavy atom. The van der Waals surface area contributed by atoms with Crippen LogP contribution in [0, 0.1) is 6.92 Å². The summed E-state index contributed by atoms with van der Waals surface area (Å²) in [6.07, 6.45) is -3.79. The molecule has 0 aromatic heterocycles. The van der Waals surface area contributed by atoms with E-state index in [9.17, 15) is 18.0 Å². The van der Waals surface area contributed by atoms with Gasteiger partial charge in [-0.1, -0.05) is 12.1 Å². The van der Waals surface area contributed by atoms with Crippen LogP contribution >= 0.6 is 0 Å². The third-order valence-electron chi connectivity index (χ3n) is 1.84. The molecule has 0 saturated heterocycles. The highest BCUT2D eigenvalue weighted by Crippen LogP contribution is 2.23. The zero-order chi connectivity index (χ0) is 11.5. The molecule has 0 N–H and O–H groups in total. The summed E-state index contributed by atoms with van der Waals surface area (Å²) in [5.41, 5.74) is 0.742. The summed E-state index contributed by atoms with van der Waals surface area (Å²) >= 11 is 0. The van der Waals surface area contributed by atoms with Crippen LogP contribution < -0.4 is 4.74 Å². The summed E-state index contributed by atoms with van der Waals surface area (Å²) in [6.45, 7) is 0.186. The standard InChI is InChI=1S/C10H9F3O2/c1-7-8(5-14)3-2-4-9(7)15-6-10(11,12)13/h2-5H,6H2,1H3. The van der Waals surface area contributed by atoms with Crippen molar-refractivity contribution in [2.45, 2.75) is 13.1 Å². The van der Waals surface area contributed by atoms with E-state index in [4.69, 9.17) is 0 Å². The monoisotopic (exact) mass is 218 g/mol. The summed E-state index contributed by atoms with van der Waals surface area (Å²) < 4.78 is 40.1. The van der Waals surface area contributed by atoms with Gasteiger partial charge >= 0.3 is 6.18 Å². The smallest absolute Gasteiger partial charge is 0.422 e. The number of halogens is 3. The lowest BCUT2D eigenvalue weighted by Gasteiger charge is -2.11. The maximum absolute atomic E-state index is 11.9. The largest absolute Gasteiger partial charge is 0.484 e. The van der Waals surface area contributed by atoms with Crippen LogP contribution in [-0.2, 0) is 0 Å². The highest BCUT2D eigenvalue weighted by atomic mass is 19.4. The number of aldehydes is 1. The minimum absolute atomic E-state index is 0.0805. The Kier molecular flexibility index (Phi) is 3.34. The fraction of sp³-hybridized carbons (Fsp3) is 0.300. The van der Waals surface area contributed by atoms with E-state index in [0.29, 0.717) is 17.4 Å². The van der Waals surface area contributed by atoms with Crippen molar-refractivity contribution in [3.63, 3.8) is 0 Å². The molecule has 5 heteroatoms. The predicted octanol–water partition coefficient (Wildman–Crippen LogP) is 2.75. The first-order valence-corrected chi connectivity index (χ1v) is 4.18. The van der Waals surface area contributed by atoms with E-state index in [1.54, 1.807) is 0 Å². The van der Waals surface area contributed by atoms with Crippen LogP contribution in [0.4, 0.5) is 13.2 Å². The maximum Gasteiger partial charge on any atom is 0.422 e. The Hall–Kier alpha value is -1.52. The molecule has 0 radical (unpaired) electrons. The van der Waals surface area contributed by atoms with Gasteiger partial charge in [0.15, 0.2) is 6.61 Å². The Morgan fingerprint density at radius 3 is 2.60 bits per heavy atom. The van der Waals surface area contributed by atoms with E-state index in [0.717, 1.165) is 0 Å². The lowest BCUT2D eigenvalue weighted by atomic mass is 10.1. The van der Waals surface area contributed by atoms with E-state index < -0.39 is 12.8 Å². The first kappa shape index (κ1) is 11.6. The molecule has 1 aromatic rings. The average molecular weight is 218 g/mol. The summed E-state index contributed by atoms with van der Waals surface area (Å²) in [5, 5.41) is 0. The molecule has 0 aliphatic carbocycles. The first-order valence-electron chi connectivity index (χ1n) is 4.18. The van der Waals surface area contributed by atoms with Crippen LogP contribution in [0.1, 0.15) is 15.9 Å². The Balaban J connectivity index is 2.82. The van der Waals surface area contributed by atoms with Crippen molar-refractivity contribution in [2.24, 2.45) is 0 Å². The second kappa shape index (κ2) is 4.33. The van der Waals surface area contributed by atoms with Crippen molar-refractivity contribution in [1.29, 1.82) is 0 Å². The molecule has 0 saturated carbocycles. The minimum atomic E-state index is -4.37. The molecule has 0 aliphatic rings. The Morgan fingerprint density at radius 1 is 1.40 bits per heavy atom. The number of hydrogen-bond acceptors (Lipinski definition) is 2. The molecule has 0 aliphatic heterocycles. The number of carbonyl (C=O) groups is 1. The van der Waals surface area contributed by atoms with Gasteiger partial charge in [-0.05, 0) is 13.0 Å². The second-order valence-electron chi connectivity index (χ2n) is 2.99. The molecule has 0 fully saturated rings. The van der Waals surface area contributed by atoms with Crippen molar-refractivity contribution >= 4 is 6.29 Å². The van der Waals surface area contributed by atoms with Crippen LogP contribution in [0.2, 0.25) is 0 Å². The van der Waals surface area contributed by atoms with Gasteiger partial charge < -0.3 is 4.74 Å². The van der Waals surface area contributed by atoms with Gasteiger partial charge in [0, 0.05) is 11.1 Å². The van der Waals surface area contributed by atoms with Crippen molar-refractivity contribution < 1.29 is 22.7 Å². The average Bonchev–Trinajstić information content (AvgIpc) is 2.15. The number of alkyl halides is 3. The molecule has 0 bridgehead atoms. The van der Waals surface area contributed by atoms with Gasteiger partial charge in [-0.2, -0.15) is 13.2 Å². The maximum atomic E-state index is 11.9. The van der Waals surface area contributed by atoms with Crippen molar-refractivity contribution in [3.8, 4) is 5.75 Å². The van der Waals surface area contributed by atoms with Crippen LogP contribution in [0.15, 0.2) is 18.2 Å². The van der Waals surface area contributed by atoms with E-state index in [-0.39, 0.29) is 5.75 Å². The summed E-state index contributed by atoms with van der Waals surface area (Å²) in [4.78, 5) is 10.5. The number of rotatable bonds is 3. The van der Waals surface area contributed by atoms with Gasteiger partial charge in [-0.15, -0.1) is 0 Å². The molecular formula is C10H9F3O2. The Labute approximate surface area is 84.7 Å². The molecule has 2 nitrogen and oxygen atoms in total. The van der Waals surface area contributed by atoms with Gasteiger partial charge in [0.1, 0.15) is 12.0 Å². The van der Waals surface area contributed by atoms with E-state index >= 15 is 0 Å². The van der Waals surface area contributed by atoms with Gasteiger partial charge in [0.2, 0.25) is 0 Å². The molecule has 82 valence electrons. The van der Waals surface area contributed by atoms with Gasteiger partial charge in [-0.25, -0.2) is 0 Å². The highest BCUT2D eigenvalue weighted by Gasteiger charge is 2.28. The highest BCUT2D eigenvalue weighted by molar-refractivity contribution is 5.78. The zero-order valence-electron chi connectivity index (χ0n) is 7.97. The van der Waals surface area contributed by atoms with E-state index in [2.05, 4.69) is 4.74 Å². The normalized spacial score (nSPS) is 11.2.